The molecule has 3 atom stereocenters. The van der Waals surface area contributed by atoms with Crippen molar-refractivity contribution in [3.63, 3.8) is 0 Å². The first-order valence-electron chi connectivity index (χ1n) is 12.2. The Labute approximate surface area is 193 Å². The molecular formula is C27H28N4O2. The first kappa shape index (κ1) is 20.4. The first-order chi connectivity index (χ1) is 16.1. The van der Waals surface area contributed by atoms with E-state index in [0.29, 0.717) is 17.9 Å². The zero-order valence-electron chi connectivity index (χ0n) is 18.9. The molecule has 2 heterocycles. The molecule has 1 spiro atoms. The number of hydrogen-bond donors (Lipinski definition) is 1. The normalized spacial score (nSPS) is 27.4. The minimum Gasteiger partial charge on any atom is -0.477 e. The summed E-state index contributed by atoms with van der Waals surface area (Å²) in [5.74, 6) is 0.101. The Morgan fingerprint density at radius 1 is 1.27 bits per heavy atom. The van der Waals surface area contributed by atoms with E-state index in [9.17, 15) is 15.2 Å². The Morgan fingerprint density at radius 3 is 2.82 bits per heavy atom. The zero-order valence-corrected chi connectivity index (χ0v) is 18.9. The average Bonchev–Trinajstić information content (AvgIpc) is 3.15. The number of pyridine rings is 1. The number of nitrogens with zero attached hydrogens (tertiary/aromatic N) is 4. The second-order valence-corrected chi connectivity index (χ2v) is 10.1. The topological polar surface area (TPSA) is 89.6 Å². The summed E-state index contributed by atoms with van der Waals surface area (Å²) in [7, 11) is 0. The van der Waals surface area contributed by atoms with Crippen LogP contribution >= 0.6 is 0 Å². The zero-order chi connectivity index (χ0) is 22.7. The lowest BCUT2D eigenvalue weighted by Gasteiger charge is -2.35. The van der Waals surface area contributed by atoms with Gasteiger partial charge >= 0.3 is 5.97 Å². The lowest BCUT2D eigenvalue weighted by atomic mass is 9.74. The number of fused-ring (bicyclic) bond motifs is 2. The van der Waals surface area contributed by atoms with E-state index in [-0.39, 0.29) is 11.1 Å². The summed E-state index contributed by atoms with van der Waals surface area (Å²) in [5.41, 5.74) is 6.10. The van der Waals surface area contributed by atoms with Gasteiger partial charge in [-0.3, -0.25) is 5.01 Å². The van der Waals surface area contributed by atoms with Crippen LogP contribution < -0.4 is 5.01 Å². The van der Waals surface area contributed by atoms with Gasteiger partial charge in [0, 0.05) is 11.0 Å². The number of hydrogen-bond acceptors (Lipinski definition) is 5. The molecule has 2 unspecified atom stereocenters. The SMILES string of the molecule is CCCc1cc(N2N=C3c4ccc(C(=O)O)nc4CC4CC34[C@@H]2C2CCCC2)ccc1C#N. The third-order valence-corrected chi connectivity index (χ3v) is 8.32. The number of carbonyl (C=O) groups is 1. The van der Waals surface area contributed by atoms with Crippen molar-refractivity contribution >= 4 is 17.4 Å². The highest BCUT2D eigenvalue weighted by molar-refractivity contribution is 6.11. The van der Waals surface area contributed by atoms with Crippen LogP contribution in [0.15, 0.2) is 35.4 Å². The summed E-state index contributed by atoms with van der Waals surface area (Å²) >= 11 is 0. The predicted molar refractivity (Wildman–Crippen MR) is 125 cm³/mol. The predicted octanol–water partition coefficient (Wildman–Crippen LogP) is 4.95. The highest BCUT2D eigenvalue weighted by Crippen LogP contribution is 2.67. The number of rotatable bonds is 5. The summed E-state index contributed by atoms with van der Waals surface area (Å²) in [6.45, 7) is 2.14. The van der Waals surface area contributed by atoms with Crippen LogP contribution in [0, 0.1) is 28.6 Å². The molecule has 6 rings (SSSR count). The van der Waals surface area contributed by atoms with Gasteiger partial charge in [0.25, 0.3) is 0 Å². The van der Waals surface area contributed by atoms with Crippen LogP contribution in [-0.4, -0.2) is 27.8 Å². The van der Waals surface area contributed by atoms with E-state index in [1.54, 1.807) is 6.07 Å². The number of aromatic carboxylic acids is 1. The molecule has 1 aliphatic heterocycles. The molecule has 2 fully saturated rings. The molecule has 3 aliphatic carbocycles. The molecule has 1 aromatic heterocycles. The van der Waals surface area contributed by atoms with Gasteiger partial charge in [-0.15, -0.1) is 0 Å². The number of benzene rings is 1. The Hall–Kier alpha value is -3.20. The van der Waals surface area contributed by atoms with Gasteiger partial charge in [0.2, 0.25) is 0 Å². The molecule has 0 saturated heterocycles. The molecule has 168 valence electrons. The number of carboxylic acids is 1. The number of hydrazone groups is 1. The fourth-order valence-electron chi connectivity index (χ4n) is 6.83. The number of anilines is 1. The van der Waals surface area contributed by atoms with Gasteiger partial charge in [-0.25, -0.2) is 9.78 Å². The molecule has 2 saturated carbocycles. The van der Waals surface area contributed by atoms with Crippen molar-refractivity contribution in [2.24, 2.45) is 22.4 Å². The Morgan fingerprint density at radius 2 is 2.09 bits per heavy atom. The number of nitriles is 1. The van der Waals surface area contributed by atoms with Crippen LogP contribution in [0.3, 0.4) is 0 Å². The van der Waals surface area contributed by atoms with Crippen molar-refractivity contribution in [1.29, 1.82) is 5.26 Å². The molecule has 6 heteroatoms. The molecule has 6 nitrogen and oxygen atoms in total. The summed E-state index contributed by atoms with van der Waals surface area (Å²) in [4.78, 5) is 16.0. The highest BCUT2D eigenvalue weighted by atomic mass is 16.4. The van der Waals surface area contributed by atoms with E-state index in [4.69, 9.17) is 5.10 Å². The molecule has 0 amide bonds. The van der Waals surface area contributed by atoms with E-state index in [0.717, 1.165) is 59.5 Å². The quantitative estimate of drug-likeness (QED) is 0.711. The Balaban J connectivity index is 1.48. The van der Waals surface area contributed by atoms with Crippen molar-refractivity contribution in [3.05, 3.63) is 58.4 Å². The van der Waals surface area contributed by atoms with Crippen LogP contribution in [0.2, 0.25) is 0 Å². The smallest absolute Gasteiger partial charge is 0.354 e. The van der Waals surface area contributed by atoms with E-state index >= 15 is 0 Å². The van der Waals surface area contributed by atoms with E-state index < -0.39 is 5.97 Å². The van der Waals surface area contributed by atoms with Gasteiger partial charge in [0.15, 0.2) is 0 Å². The van der Waals surface area contributed by atoms with Gasteiger partial charge in [-0.1, -0.05) is 26.2 Å². The van der Waals surface area contributed by atoms with Gasteiger partial charge in [-0.2, -0.15) is 10.4 Å². The largest absolute Gasteiger partial charge is 0.477 e. The van der Waals surface area contributed by atoms with Crippen LogP contribution in [0.1, 0.15) is 78.3 Å². The van der Waals surface area contributed by atoms with Crippen molar-refractivity contribution in [1.82, 2.24) is 4.98 Å². The second kappa shape index (κ2) is 7.41. The van der Waals surface area contributed by atoms with Gasteiger partial charge < -0.3 is 5.11 Å². The summed E-state index contributed by atoms with van der Waals surface area (Å²) in [5, 5.41) is 26.5. The van der Waals surface area contributed by atoms with E-state index in [1.807, 2.05) is 12.1 Å². The average molecular weight is 441 g/mol. The monoisotopic (exact) mass is 440 g/mol. The molecule has 1 aromatic carbocycles. The molecule has 4 aliphatic rings. The minimum absolute atomic E-state index is 0.0489. The summed E-state index contributed by atoms with van der Waals surface area (Å²) in [6.07, 6.45) is 8.84. The van der Waals surface area contributed by atoms with Gasteiger partial charge in [0.05, 0.1) is 34.8 Å². The molecule has 0 bridgehead atoms. The van der Waals surface area contributed by atoms with Crippen LogP contribution in [0.5, 0.6) is 0 Å². The second-order valence-electron chi connectivity index (χ2n) is 10.1. The Kier molecular flexibility index (Phi) is 4.58. The van der Waals surface area contributed by atoms with Crippen molar-refractivity contribution in [2.45, 2.75) is 64.3 Å². The molecule has 2 aromatic rings. The van der Waals surface area contributed by atoms with Crippen molar-refractivity contribution in [2.75, 3.05) is 5.01 Å². The fraction of sp³-hybridized carbons (Fsp3) is 0.481. The third-order valence-electron chi connectivity index (χ3n) is 8.32. The van der Waals surface area contributed by atoms with Gasteiger partial charge in [0.1, 0.15) is 5.69 Å². The number of aromatic nitrogens is 1. The fourth-order valence-corrected chi connectivity index (χ4v) is 6.83. The maximum atomic E-state index is 11.5. The van der Waals surface area contributed by atoms with E-state index in [1.165, 1.54) is 25.7 Å². The lowest BCUT2D eigenvalue weighted by Crippen LogP contribution is -2.43. The van der Waals surface area contributed by atoms with Crippen LogP contribution in [0.4, 0.5) is 5.69 Å². The highest BCUT2D eigenvalue weighted by Gasteiger charge is 2.70. The van der Waals surface area contributed by atoms with Gasteiger partial charge in [-0.05, 0) is 79.8 Å². The standard InChI is InChI=1S/C27H28N4O2/c1-2-5-17-12-20(9-8-18(17)15-28)31-25(16-6-3-4-7-16)27-14-19(27)13-23-21(24(27)30-31)10-11-22(29-23)26(32)33/h8-12,16,19,25H,2-7,13-14H2,1H3,(H,32,33)/t19?,25-,27?/m0/s1. The number of carboxylic acid groups (broad SMARTS) is 1. The third kappa shape index (κ3) is 2.95. The Bertz CT molecular complexity index is 1220. The molecule has 33 heavy (non-hydrogen) atoms. The minimum atomic E-state index is -0.981. The summed E-state index contributed by atoms with van der Waals surface area (Å²) < 4.78 is 0. The summed E-state index contributed by atoms with van der Waals surface area (Å²) in [6, 6.07) is 12.4. The lowest BCUT2D eigenvalue weighted by molar-refractivity contribution is 0.0690. The molecule has 1 N–H and O–H groups in total. The van der Waals surface area contributed by atoms with Crippen molar-refractivity contribution in [3.8, 4) is 6.07 Å². The van der Waals surface area contributed by atoms with Crippen molar-refractivity contribution < 1.29 is 9.90 Å². The molecular weight excluding hydrogens is 412 g/mol. The van der Waals surface area contributed by atoms with E-state index in [2.05, 4.69) is 35.1 Å². The van der Waals surface area contributed by atoms with Crippen LogP contribution in [0.25, 0.3) is 0 Å². The number of aryl methyl sites for hydroxylation is 1. The maximum absolute atomic E-state index is 11.5. The first-order valence-corrected chi connectivity index (χ1v) is 12.2. The molecule has 0 radical (unpaired) electrons. The van der Waals surface area contributed by atoms with Crippen LogP contribution in [-0.2, 0) is 12.8 Å². The maximum Gasteiger partial charge on any atom is 0.354 e.